The molecule has 3 nitrogen and oxygen atoms in total. The van der Waals surface area contributed by atoms with Crippen LogP contribution in [0.15, 0.2) is 0 Å². The lowest BCUT2D eigenvalue weighted by Gasteiger charge is -2.41. The molecule has 3 unspecified atom stereocenters. The number of hydrogen-bond donors (Lipinski definition) is 1. The van der Waals surface area contributed by atoms with Crippen LogP contribution in [-0.4, -0.2) is 54.6 Å². The summed E-state index contributed by atoms with van der Waals surface area (Å²) in [6.07, 6.45) is 5.32. The van der Waals surface area contributed by atoms with Crippen molar-refractivity contribution in [1.82, 2.24) is 9.80 Å². The van der Waals surface area contributed by atoms with Gasteiger partial charge in [0.25, 0.3) is 0 Å². The second-order valence-electron chi connectivity index (χ2n) is 5.28. The molecular weight excluding hydrogens is 186 g/mol. The highest BCUT2D eigenvalue weighted by atomic mass is 15.2. The van der Waals surface area contributed by atoms with Crippen molar-refractivity contribution in [3.05, 3.63) is 0 Å². The van der Waals surface area contributed by atoms with Crippen molar-refractivity contribution in [1.29, 1.82) is 0 Å². The number of likely N-dealkylation sites (tertiary alicyclic amines) is 2. The predicted octanol–water partition coefficient (Wildman–Crippen LogP) is 0.892. The Morgan fingerprint density at radius 3 is 2.73 bits per heavy atom. The molecule has 2 saturated heterocycles. The highest BCUT2D eigenvalue weighted by molar-refractivity contribution is 4.90. The van der Waals surface area contributed by atoms with Crippen LogP contribution in [0.4, 0.5) is 0 Å². The van der Waals surface area contributed by atoms with Gasteiger partial charge in [0.15, 0.2) is 0 Å². The summed E-state index contributed by atoms with van der Waals surface area (Å²) in [5, 5.41) is 0. The number of nitrogens with two attached hydrogens (primary N) is 1. The highest BCUT2D eigenvalue weighted by Crippen LogP contribution is 2.27. The smallest absolute Gasteiger partial charge is 0.0221 e. The van der Waals surface area contributed by atoms with Crippen LogP contribution in [0.25, 0.3) is 0 Å². The van der Waals surface area contributed by atoms with Gasteiger partial charge in [-0.25, -0.2) is 0 Å². The van der Waals surface area contributed by atoms with E-state index in [0.29, 0.717) is 6.04 Å². The molecule has 2 aliphatic rings. The van der Waals surface area contributed by atoms with E-state index in [9.17, 15) is 0 Å². The van der Waals surface area contributed by atoms with Crippen molar-refractivity contribution in [3.63, 3.8) is 0 Å². The van der Waals surface area contributed by atoms with Crippen LogP contribution < -0.4 is 5.73 Å². The first-order chi connectivity index (χ1) is 7.22. The molecule has 0 saturated carbocycles. The molecule has 0 aromatic rings. The average Bonchev–Trinajstić information content (AvgIpc) is 2.70. The molecule has 0 aliphatic carbocycles. The second-order valence-corrected chi connectivity index (χ2v) is 5.28. The third kappa shape index (κ3) is 2.35. The maximum atomic E-state index is 5.84. The van der Waals surface area contributed by atoms with Gasteiger partial charge in [0.05, 0.1) is 0 Å². The molecule has 0 aromatic heterocycles. The van der Waals surface area contributed by atoms with Gasteiger partial charge in [-0.05, 0) is 52.7 Å². The molecule has 3 atom stereocenters. The van der Waals surface area contributed by atoms with Crippen LogP contribution in [-0.2, 0) is 0 Å². The van der Waals surface area contributed by atoms with Crippen LogP contribution >= 0.6 is 0 Å². The monoisotopic (exact) mass is 211 g/mol. The van der Waals surface area contributed by atoms with E-state index in [2.05, 4.69) is 23.8 Å². The molecule has 0 radical (unpaired) electrons. The first kappa shape index (κ1) is 11.4. The maximum absolute atomic E-state index is 5.84. The van der Waals surface area contributed by atoms with Gasteiger partial charge in [0.1, 0.15) is 0 Å². The van der Waals surface area contributed by atoms with Crippen LogP contribution in [0, 0.1) is 0 Å². The normalized spacial score (nSPS) is 39.8. The summed E-state index contributed by atoms with van der Waals surface area (Å²) in [6, 6.07) is 2.21. The quantitative estimate of drug-likeness (QED) is 0.736. The molecule has 2 heterocycles. The lowest BCUT2D eigenvalue weighted by molar-refractivity contribution is 0.0816. The molecule has 0 amide bonds. The second kappa shape index (κ2) is 4.81. The average molecular weight is 211 g/mol. The third-order valence-corrected chi connectivity index (χ3v) is 4.34. The molecule has 0 aromatic carbocycles. The number of rotatable bonds is 2. The van der Waals surface area contributed by atoms with E-state index in [1.165, 1.54) is 38.8 Å². The van der Waals surface area contributed by atoms with Crippen LogP contribution in [0.1, 0.15) is 32.6 Å². The summed E-state index contributed by atoms with van der Waals surface area (Å²) in [7, 11) is 2.24. The fourth-order valence-corrected chi connectivity index (χ4v) is 3.16. The topological polar surface area (TPSA) is 32.5 Å². The first-order valence-corrected chi connectivity index (χ1v) is 6.38. The maximum Gasteiger partial charge on any atom is 0.0221 e. The Labute approximate surface area is 93.6 Å². The SMILES string of the molecule is CC1CC(N2CCCC2CN)CCN1C. The zero-order valence-corrected chi connectivity index (χ0v) is 10.2. The Kier molecular flexibility index (Phi) is 3.65. The Morgan fingerprint density at radius 2 is 2.07 bits per heavy atom. The molecule has 15 heavy (non-hydrogen) atoms. The molecule has 2 rings (SSSR count). The van der Waals surface area contributed by atoms with E-state index in [0.717, 1.165) is 18.6 Å². The highest BCUT2D eigenvalue weighted by Gasteiger charge is 2.33. The standard InChI is InChI=1S/C12H25N3/c1-10-8-11(5-7-14(10)2)15-6-3-4-12(15)9-13/h10-12H,3-9,13H2,1-2H3. The van der Waals surface area contributed by atoms with Crippen LogP contribution in [0.5, 0.6) is 0 Å². The largest absolute Gasteiger partial charge is 0.329 e. The Balaban J connectivity index is 1.93. The van der Waals surface area contributed by atoms with E-state index in [-0.39, 0.29) is 0 Å². The lowest BCUT2D eigenvalue weighted by Crippen LogP contribution is -2.50. The van der Waals surface area contributed by atoms with Crippen molar-refractivity contribution in [2.45, 2.75) is 50.7 Å². The number of hydrogen-bond acceptors (Lipinski definition) is 3. The summed E-state index contributed by atoms with van der Waals surface area (Å²) < 4.78 is 0. The van der Waals surface area contributed by atoms with Crippen molar-refractivity contribution in [3.8, 4) is 0 Å². The lowest BCUT2D eigenvalue weighted by atomic mass is 9.97. The fourth-order valence-electron chi connectivity index (χ4n) is 3.16. The van der Waals surface area contributed by atoms with Crippen molar-refractivity contribution >= 4 is 0 Å². The summed E-state index contributed by atoms with van der Waals surface area (Å²) >= 11 is 0. The number of nitrogens with zero attached hydrogens (tertiary/aromatic N) is 2. The summed E-state index contributed by atoms with van der Waals surface area (Å²) in [5.74, 6) is 0. The Bertz CT molecular complexity index is 207. The van der Waals surface area contributed by atoms with Gasteiger partial charge < -0.3 is 10.6 Å². The van der Waals surface area contributed by atoms with Gasteiger partial charge in [-0.2, -0.15) is 0 Å². The summed E-state index contributed by atoms with van der Waals surface area (Å²) in [6.45, 7) is 5.73. The molecular formula is C12H25N3. The van der Waals surface area contributed by atoms with Crippen LogP contribution in [0.3, 0.4) is 0 Å². The minimum absolute atomic E-state index is 0.672. The first-order valence-electron chi connectivity index (χ1n) is 6.38. The predicted molar refractivity (Wildman–Crippen MR) is 63.9 cm³/mol. The van der Waals surface area contributed by atoms with Crippen molar-refractivity contribution < 1.29 is 0 Å². The molecule has 88 valence electrons. The van der Waals surface area contributed by atoms with Crippen molar-refractivity contribution in [2.75, 3.05) is 26.7 Å². The van der Waals surface area contributed by atoms with Gasteiger partial charge in [-0.1, -0.05) is 0 Å². The van der Waals surface area contributed by atoms with E-state index >= 15 is 0 Å². The van der Waals surface area contributed by atoms with Gasteiger partial charge in [0, 0.05) is 24.7 Å². The molecule has 2 N–H and O–H groups in total. The zero-order chi connectivity index (χ0) is 10.8. The molecule has 2 aliphatic heterocycles. The van der Waals surface area contributed by atoms with Gasteiger partial charge in [-0.15, -0.1) is 0 Å². The molecule has 0 bridgehead atoms. The van der Waals surface area contributed by atoms with E-state index < -0.39 is 0 Å². The van der Waals surface area contributed by atoms with Gasteiger partial charge in [-0.3, -0.25) is 4.90 Å². The van der Waals surface area contributed by atoms with Crippen LogP contribution in [0.2, 0.25) is 0 Å². The Hall–Kier alpha value is -0.120. The Morgan fingerprint density at radius 1 is 1.27 bits per heavy atom. The van der Waals surface area contributed by atoms with E-state index in [1.54, 1.807) is 0 Å². The molecule has 2 fully saturated rings. The van der Waals surface area contributed by atoms with Crippen molar-refractivity contribution in [2.24, 2.45) is 5.73 Å². The molecule has 0 spiro atoms. The third-order valence-electron chi connectivity index (χ3n) is 4.34. The van der Waals surface area contributed by atoms with E-state index in [1.807, 2.05) is 0 Å². The minimum Gasteiger partial charge on any atom is -0.329 e. The number of piperidine rings is 1. The molecule has 3 heteroatoms. The van der Waals surface area contributed by atoms with E-state index in [4.69, 9.17) is 5.73 Å². The van der Waals surface area contributed by atoms with Gasteiger partial charge in [0.2, 0.25) is 0 Å². The zero-order valence-electron chi connectivity index (χ0n) is 10.2. The van der Waals surface area contributed by atoms with Gasteiger partial charge >= 0.3 is 0 Å². The summed E-state index contributed by atoms with van der Waals surface area (Å²) in [4.78, 5) is 5.16. The summed E-state index contributed by atoms with van der Waals surface area (Å²) in [5.41, 5.74) is 5.84. The fraction of sp³-hybridized carbons (Fsp3) is 1.00. The minimum atomic E-state index is 0.672.